The van der Waals surface area contributed by atoms with Crippen LogP contribution in [-0.2, 0) is 10.8 Å². The van der Waals surface area contributed by atoms with Crippen molar-refractivity contribution in [3.05, 3.63) is 222 Å². The normalized spacial score (nSPS) is 14.0. The van der Waals surface area contributed by atoms with Gasteiger partial charge in [-0.25, -0.2) is 0 Å². The molecule has 0 aliphatic heterocycles. The first-order valence-corrected chi connectivity index (χ1v) is 20.8. The van der Waals surface area contributed by atoms with Crippen molar-refractivity contribution in [2.75, 3.05) is 4.90 Å². The quantitative estimate of drug-likeness (QED) is 0.163. The van der Waals surface area contributed by atoms with Crippen LogP contribution >= 0.6 is 0 Å². The van der Waals surface area contributed by atoms with Gasteiger partial charge in [0.05, 0.1) is 0 Å². The van der Waals surface area contributed by atoms with Gasteiger partial charge in [0.25, 0.3) is 0 Å². The zero-order valence-corrected chi connectivity index (χ0v) is 34.0. The zero-order chi connectivity index (χ0) is 39.9. The molecule has 1 heteroatoms. The van der Waals surface area contributed by atoms with Gasteiger partial charge in [0, 0.05) is 27.9 Å². The van der Waals surface area contributed by atoms with E-state index in [4.69, 9.17) is 0 Å². The number of hydrogen-bond donors (Lipinski definition) is 0. The van der Waals surface area contributed by atoms with Crippen molar-refractivity contribution in [3.8, 4) is 55.6 Å². The van der Waals surface area contributed by atoms with Gasteiger partial charge < -0.3 is 4.90 Å². The number of fused-ring (bicyclic) bond motifs is 8. The Morgan fingerprint density at radius 2 is 0.831 bits per heavy atom. The third-order valence-corrected chi connectivity index (χ3v) is 13.2. The summed E-state index contributed by atoms with van der Waals surface area (Å²) in [5.74, 6) is 0. The van der Waals surface area contributed by atoms with Crippen LogP contribution in [0.2, 0.25) is 0 Å². The first-order valence-electron chi connectivity index (χ1n) is 20.8. The molecule has 2 aliphatic rings. The molecule has 1 nitrogen and oxygen atoms in total. The Bertz CT molecular complexity index is 2980. The van der Waals surface area contributed by atoms with Gasteiger partial charge in [-0.05, 0) is 137 Å². The summed E-state index contributed by atoms with van der Waals surface area (Å²) in [4.78, 5) is 2.42. The summed E-state index contributed by atoms with van der Waals surface area (Å²) in [6, 6.07) is 74.1. The minimum Gasteiger partial charge on any atom is -0.310 e. The molecular weight excluding hydrogens is 711 g/mol. The third kappa shape index (κ3) is 5.53. The lowest BCUT2D eigenvalue weighted by Gasteiger charge is -2.27. The van der Waals surface area contributed by atoms with Gasteiger partial charge >= 0.3 is 0 Å². The van der Waals surface area contributed by atoms with Crippen LogP contribution in [0, 0.1) is 0 Å². The molecule has 0 fully saturated rings. The van der Waals surface area contributed by atoms with Gasteiger partial charge in [-0.15, -0.1) is 0 Å². The number of benzene rings is 9. The van der Waals surface area contributed by atoms with Crippen LogP contribution in [0.5, 0.6) is 0 Å². The van der Waals surface area contributed by atoms with E-state index in [2.05, 4.69) is 233 Å². The van der Waals surface area contributed by atoms with Crippen LogP contribution in [0.25, 0.3) is 66.4 Å². The first kappa shape index (κ1) is 35.2. The molecule has 9 aromatic carbocycles. The molecule has 2 aliphatic carbocycles. The van der Waals surface area contributed by atoms with E-state index < -0.39 is 0 Å². The largest absolute Gasteiger partial charge is 0.310 e. The average Bonchev–Trinajstić information content (AvgIpc) is 3.66. The molecule has 0 bridgehead atoms. The smallest absolute Gasteiger partial charge is 0.0468 e. The molecule has 0 radical (unpaired) electrons. The highest BCUT2D eigenvalue weighted by Gasteiger charge is 2.40. The number of nitrogens with zero attached hydrogens (tertiary/aromatic N) is 1. The van der Waals surface area contributed by atoms with Crippen molar-refractivity contribution >= 4 is 27.8 Å². The van der Waals surface area contributed by atoms with Gasteiger partial charge in [0.15, 0.2) is 0 Å². The lowest BCUT2D eigenvalue weighted by Crippen LogP contribution is -2.16. The molecule has 0 spiro atoms. The Morgan fingerprint density at radius 1 is 0.322 bits per heavy atom. The minimum atomic E-state index is -0.204. The average molecular weight is 756 g/mol. The Labute approximate surface area is 347 Å². The summed E-state index contributed by atoms with van der Waals surface area (Å²) in [5, 5.41) is 2.61. The highest BCUT2D eigenvalue weighted by atomic mass is 15.1. The van der Waals surface area contributed by atoms with Crippen molar-refractivity contribution in [2.45, 2.75) is 38.5 Å². The Hall–Kier alpha value is -6.96. The van der Waals surface area contributed by atoms with E-state index in [-0.39, 0.29) is 10.8 Å². The van der Waals surface area contributed by atoms with E-state index in [1.807, 2.05) is 0 Å². The van der Waals surface area contributed by atoms with Crippen LogP contribution in [0.4, 0.5) is 17.1 Å². The van der Waals surface area contributed by atoms with E-state index in [9.17, 15) is 0 Å². The van der Waals surface area contributed by atoms with Gasteiger partial charge in [0.1, 0.15) is 0 Å². The fourth-order valence-electron chi connectivity index (χ4n) is 10.2. The number of hydrogen-bond acceptors (Lipinski definition) is 1. The molecule has 0 heterocycles. The summed E-state index contributed by atoms with van der Waals surface area (Å²) in [5.41, 5.74) is 21.4. The summed E-state index contributed by atoms with van der Waals surface area (Å²) in [6.07, 6.45) is 0. The van der Waals surface area contributed by atoms with Crippen molar-refractivity contribution in [3.63, 3.8) is 0 Å². The summed E-state index contributed by atoms with van der Waals surface area (Å²) in [6.45, 7) is 9.59. The summed E-state index contributed by atoms with van der Waals surface area (Å²) in [7, 11) is 0. The maximum absolute atomic E-state index is 2.49. The molecule has 59 heavy (non-hydrogen) atoms. The van der Waals surface area contributed by atoms with E-state index >= 15 is 0 Å². The molecule has 0 saturated heterocycles. The molecular formula is C58H45N. The van der Waals surface area contributed by atoms with Crippen LogP contribution in [-0.4, -0.2) is 0 Å². The van der Waals surface area contributed by atoms with E-state index in [1.165, 1.54) is 88.7 Å². The predicted octanol–water partition coefficient (Wildman–Crippen LogP) is 15.9. The topological polar surface area (TPSA) is 3.24 Å². The molecule has 0 amide bonds. The lowest BCUT2D eigenvalue weighted by molar-refractivity contribution is 0.660. The lowest BCUT2D eigenvalue weighted by atomic mass is 9.78. The summed E-state index contributed by atoms with van der Waals surface area (Å²) >= 11 is 0. The summed E-state index contributed by atoms with van der Waals surface area (Å²) < 4.78 is 0. The molecule has 0 unspecified atom stereocenters. The van der Waals surface area contributed by atoms with Crippen LogP contribution < -0.4 is 4.90 Å². The minimum absolute atomic E-state index is 0.0844. The van der Waals surface area contributed by atoms with Gasteiger partial charge in [0.2, 0.25) is 0 Å². The maximum Gasteiger partial charge on any atom is 0.0468 e. The molecule has 0 aromatic heterocycles. The monoisotopic (exact) mass is 755 g/mol. The first-order chi connectivity index (χ1) is 28.8. The third-order valence-electron chi connectivity index (χ3n) is 13.2. The molecule has 282 valence electrons. The Morgan fingerprint density at radius 3 is 1.49 bits per heavy atom. The van der Waals surface area contributed by atoms with Crippen LogP contribution in [0.1, 0.15) is 49.9 Å². The number of anilines is 3. The SMILES string of the molecule is CC1(C)c2ccccc2-c2ccc(-c3cc4ccccc4c4c3-c3cc(N(c5ccc(-c6ccccc6)cc5)c5ccc(-c6ccccc6)cc5)ccc3C4(C)C)cc21. The predicted molar refractivity (Wildman–Crippen MR) is 250 cm³/mol. The van der Waals surface area contributed by atoms with Crippen molar-refractivity contribution < 1.29 is 0 Å². The Balaban J connectivity index is 1.11. The molecule has 0 atom stereocenters. The second kappa shape index (κ2) is 13.3. The standard InChI is InChI=1S/C58H45N/c1-57(2)52-22-14-13-21-48(52)49-33-27-43(36-54(49)57)50-35-42-19-11-12-20-47(42)56-55(50)51-37-46(32-34-53(51)58(56,3)4)59(44-28-23-40(24-29-44)38-15-7-5-8-16-38)45-30-25-41(26-31-45)39-17-9-6-10-18-39/h5-37H,1-4H3. The van der Waals surface area contributed by atoms with Gasteiger partial charge in [-0.3, -0.25) is 0 Å². The zero-order valence-electron chi connectivity index (χ0n) is 34.0. The van der Waals surface area contributed by atoms with Gasteiger partial charge in [-0.1, -0.05) is 179 Å². The fraction of sp³-hybridized carbons (Fsp3) is 0.103. The van der Waals surface area contributed by atoms with Crippen LogP contribution in [0.15, 0.2) is 200 Å². The number of rotatable bonds is 6. The molecule has 9 aromatic rings. The van der Waals surface area contributed by atoms with E-state index in [1.54, 1.807) is 0 Å². The molecule has 11 rings (SSSR count). The second-order valence-corrected chi connectivity index (χ2v) is 17.3. The van der Waals surface area contributed by atoms with Gasteiger partial charge in [-0.2, -0.15) is 0 Å². The second-order valence-electron chi connectivity index (χ2n) is 17.3. The van der Waals surface area contributed by atoms with E-state index in [0.717, 1.165) is 17.1 Å². The van der Waals surface area contributed by atoms with Crippen molar-refractivity contribution in [1.82, 2.24) is 0 Å². The highest BCUT2D eigenvalue weighted by Crippen LogP contribution is 2.57. The Kier molecular flexibility index (Phi) is 7.94. The fourth-order valence-corrected chi connectivity index (χ4v) is 10.2. The van der Waals surface area contributed by atoms with Crippen LogP contribution in [0.3, 0.4) is 0 Å². The van der Waals surface area contributed by atoms with E-state index in [0.29, 0.717) is 0 Å². The van der Waals surface area contributed by atoms with Crippen molar-refractivity contribution in [1.29, 1.82) is 0 Å². The van der Waals surface area contributed by atoms with Crippen molar-refractivity contribution in [2.24, 2.45) is 0 Å². The maximum atomic E-state index is 2.49. The molecule has 0 N–H and O–H groups in total. The highest BCUT2D eigenvalue weighted by molar-refractivity contribution is 6.06. The molecule has 0 saturated carbocycles.